The molecular weight excluding hydrogens is 351 g/mol. The van der Waals surface area contributed by atoms with Crippen molar-refractivity contribution in [3.05, 3.63) is 53.4 Å². The van der Waals surface area contributed by atoms with Gasteiger partial charge in [0.05, 0.1) is 5.02 Å². The summed E-state index contributed by atoms with van der Waals surface area (Å²) in [5.41, 5.74) is 0. The van der Waals surface area contributed by atoms with Gasteiger partial charge in [0.1, 0.15) is 17.4 Å². The maximum absolute atomic E-state index is 12.8. The van der Waals surface area contributed by atoms with Crippen LogP contribution in [0, 0.1) is 5.82 Å². The van der Waals surface area contributed by atoms with Gasteiger partial charge in [-0.1, -0.05) is 11.6 Å². The van der Waals surface area contributed by atoms with Gasteiger partial charge in [0, 0.05) is 6.20 Å². The third-order valence-electron chi connectivity index (χ3n) is 3.10. The number of halogens is 2. The first-order valence-corrected chi connectivity index (χ1v) is 7.78. The van der Waals surface area contributed by atoms with Crippen LogP contribution in [-0.2, 0) is 14.3 Å². The molecule has 1 aromatic carbocycles. The number of nitrogens with zero attached hydrogens (tertiary/aromatic N) is 1. The van der Waals surface area contributed by atoms with Crippen molar-refractivity contribution in [1.82, 2.24) is 4.98 Å². The summed E-state index contributed by atoms with van der Waals surface area (Å²) in [6, 6.07) is 8.29. The molecule has 0 aliphatic heterocycles. The van der Waals surface area contributed by atoms with E-state index in [-0.39, 0.29) is 5.82 Å². The van der Waals surface area contributed by atoms with Crippen LogP contribution in [0.4, 0.5) is 10.2 Å². The van der Waals surface area contributed by atoms with Gasteiger partial charge in [-0.25, -0.2) is 14.2 Å². The standard InChI is InChI=1S/C17H16ClFN2O4/c1-10(16(22)21-15-8-3-12(18)9-20-15)25-17(23)11(2)24-14-6-4-13(19)5-7-14/h3-11H,1-2H3,(H,20,21,22)/t10-,11-/m1/s1. The van der Waals surface area contributed by atoms with E-state index in [0.29, 0.717) is 10.8 Å². The Morgan fingerprint density at radius 2 is 1.80 bits per heavy atom. The minimum atomic E-state index is -1.05. The van der Waals surface area contributed by atoms with E-state index in [1.54, 1.807) is 6.07 Å². The van der Waals surface area contributed by atoms with Crippen LogP contribution in [0.25, 0.3) is 0 Å². The van der Waals surface area contributed by atoms with Crippen LogP contribution in [0.3, 0.4) is 0 Å². The number of nitrogens with one attached hydrogen (secondary N) is 1. The summed E-state index contributed by atoms with van der Waals surface area (Å²) in [6.45, 7) is 2.89. The summed E-state index contributed by atoms with van der Waals surface area (Å²) < 4.78 is 23.2. The summed E-state index contributed by atoms with van der Waals surface area (Å²) in [4.78, 5) is 27.9. The third-order valence-corrected chi connectivity index (χ3v) is 3.32. The number of esters is 1. The van der Waals surface area contributed by atoms with Crippen molar-refractivity contribution < 1.29 is 23.5 Å². The van der Waals surface area contributed by atoms with E-state index in [2.05, 4.69) is 10.3 Å². The van der Waals surface area contributed by atoms with E-state index in [1.165, 1.54) is 50.4 Å². The van der Waals surface area contributed by atoms with Crippen LogP contribution in [0.2, 0.25) is 5.02 Å². The van der Waals surface area contributed by atoms with E-state index < -0.39 is 29.9 Å². The van der Waals surface area contributed by atoms with Crippen molar-refractivity contribution in [2.24, 2.45) is 0 Å². The molecule has 1 N–H and O–H groups in total. The molecule has 0 saturated heterocycles. The zero-order chi connectivity index (χ0) is 18.4. The zero-order valence-corrected chi connectivity index (χ0v) is 14.3. The zero-order valence-electron chi connectivity index (χ0n) is 13.5. The molecule has 1 heterocycles. The molecule has 2 rings (SSSR count). The molecule has 6 nitrogen and oxygen atoms in total. The third kappa shape index (κ3) is 5.72. The number of benzene rings is 1. The number of aromatic nitrogens is 1. The summed E-state index contributed by atoms with van der Waals surface area (Å²) in [5.74, 6) is -1.09. The molecular formula is C17H16ClFN2O4. The minimum absolute atomic E-state index is 0.285. The molecule has 132 valence electrons. The van der Waals surface area contributed by atoms with Gasteiger partial charge >= 0.3 is 5.97 Å². The topological polar surface area (TPSA) is 77.5 Å². The average Bonchev–Trinajstić information content (AvgIpc) is 2.58. The van der Waals surface area contributed by atoms with Crippen LogP contribution < -0.4 is 10.1 Å². The lowest BCUT2D eigenvalue weighted by molar-refractivity contribution is -0.159. The van der Waals surface area contributed by atoms with Crippen molar-refractivity contribution in [3.63, 3.8) is 0 Å². The van der Waals surface area contributed by atoms with E-state index in [4.69, 9.17) is 21.1 Å². The smallest absolute Gasteiger partial charge is 0.347 e. The van der Waals surface area contributed by atoms with Crippen molar-refractivity contribution in [2.45, 2.75) is 26.1 Å². The Hall–Kier alpha value is -2.67. The number of rotatable bonds is 6. The molecule has 2 atom stereocenters. The molecule has 1 amide bonds. The van der Waals surface area contributed by atoms with Crippen LogP contribution in [0.5, 0.6) is 5.75 Å². The molecule has 1 aromatic heterocycles. The Labute approximate surface area is 148 Å². The molecule has 0 aliphatic carbocycles. The summed E-state index contributed by atoms with van der Waals surface area (Å²) in [7, 11) is 0. The van der Waals surface area contributed by atoms with Crippen molar-refractivity contribution in [1.29, 1.82) is 0 Å². The van der Waals surface area contributed by atoms with Crippen molar-refractivity contribution >= 4 is 29.3 Å². The maximum atomic E-state index is 12.8. The molecule has 0 fully saturated rings. The second kappa shape index (κ2) is 8.43. The average molecular weight is 367 g/mol. The van der Waals surface area contributed by atoms with Gasteiger partial charge in [0.25, 0.3) is 5.91 Å². The highest BCUT2D eigenvalue weighted by atomic mass is 35.5. The maximum Gasteiger partial charge on any atom is 0.347 e. The molecule has 0 unspecified atom stereocenters. The predicted octanol–water partition coefficient (Wildman–Crippen LogP) is 3.21. The van der Waals surface area contributed by atoms with Crippen LogP contribution in [0.1, 0.15) is 13.8 Å². The summed E-state index contributed by atoms with van der Waals surface area (Å²) in [6.07, 6.45) is -0.634. The Bertz CT molecular complexity index is 737. The Morgan fingerprint density at radius 3 is 2.40 bits per heavy atom. The monoisotopic (exact) mass is 366 g/mol. The normalized spacial score (nSPS) is 12.8. The number of carbonyl (C=O) groups excluding carboxylic acids is 2. The molecule has 0 saturated carbocycles. The van der Waals surface area contributed by atoms with Gasteiger partial charge in [-0.05, 0) is 50.2 Å². The fourth-order valence-electron chi connectivity index (χ4n) is 1.77. The van der Waals surface area contributed by atoms with Gasteiger partial charge in [0.15, 0.2) is 12.2 Å². The highest BCUT2D eigenvalue weighted by Crippen LogP contribution is 2.14. The van der Waals surface area contributed by atoms with Crippen molar-refractivity contribution in [2.75, 3.05) is 5.32 Å². The fourth-order valence-corrected chi connectivity index (χ4v) is 1.88. The minimum Gasteiger partial charge on any atom is -0.479 e. The number of hydrogen-bond acceptors (Lipinski definition) is 5. The fraction of sp³-hybridized carbons (Fsp3) is 0.235. The molecule has 8 heteroatoms. The highest BCUT2D eigenvalue weighted by molar-refractivity contribution is 6.30. The number of hydrogen-bond donors (Lipinski definition) is 1. The van der Waals surface area contributed by atoms with E-state index in [0.717, 1.165) is 0 Å². The predicted molar refractivity (Wildman–Crippen MR) is 89.9 cm³/mol. The van der Waals surface area contributed by atoms with Gasteiger partial charge < -0.3 is 14.8 Å². The first-order valence-electron chi connectivity index (χ1n) is 7.40. The van der Waals surface area contributed by atoms with E-state index in [1.807, 2.05) is 0 Å². The molecule has 0 aliphatic rings. The lowest BCUT2D eigenvalue weighted by atomic mass is 10.3. The van der Waals surface area contributed by atoms with Crippen LogP contribution in [-0.4, -0.2) is 29.1 Å². The number of ether oxygens (including phenoxy) is 2. The second-order valence-electron chi connectivity index (χ2n) is 5.14. The highest BCUT2D eigenvalue weighted by Gasteiger charge is 2.23. The SMILES string of the molecule is C[C@@H](OC(=O)[C@@H](C)Oc1ccc(F)cc1)C(=O)Nc1ccc(Cl)cn1. The van der Waals surface area contributed by atoms with E-state index >= 15 is 0 Å². The summed E-state index contributed by atoms with van der Waals surface area (Å²) in [5, 5.41) is 2.94. The Morgan fingerprint density at radius 1 is 1.12 bits per heavy atom. The van der Waals surface area contributed by atoms with Gasteiger partial charge in [-0.2, -0.15) is 0 Å². The quantitative estimate of drug-likeness (QED) is 0.794. The molecule has 2 aromatic rings. The number of pyridine rings is 1. The first-order chi connectivity index (χ1) is 11.8. The molecule has 0 spiro atoms. The van der Waals surface area contributed by atoms with Crippen molar-refractivity contribution in [3.8, 4) is 5.75 Å². The lowest BCUT2D eigenvalue weighted by Gasteiger charge is -2.17. The lowest BCUT2D eigenvalue weighted by Crippen LogP contribution is -2.35. The number of anilines is 1. The largest absolute Gasteiger partial charge is 0.479 e. The number of carbonyl (C=O) groups is 2. The first kappa shape index (κ1) is 18.7. The molecule has 0 radical (unpaired) electrons. The summed E-state index contributed by atoms with van der Waals surface area (Å²) >= 11 is 5.71. The van der Waals surface area contributed by atoms with Crippen LogP contribution >= 0.6 is 11.6 Å². The van der Waals surface area contributed by atoms with Gasteiger partial charge in [0.2, 0.25) is 0 Å². The number of amides is 1. The Kier molecular flexibility index (Phi) is 6.30. The van der Waals surface area contributed by atoms with Gasteiger partial charge in [-0.15, -0.1) is 0 Å². The molecule has 0 bridgehead atoms. The van der Waals surface area contributed by atoms with Gasteiger partial charge in [-0.3, -0.25) is 4.79 Å². The molecule has 25 heavy (non-hydrogen) atoms. The Balaban J connectivity index is 1.86. The van der Waals surface area contributed by atoms with E-state index in [9.17, 15) is 14.0 Å². The van der Waals surface area contributed by atoms with Crippen LogP contribution in [0.15, 0.2) is 42.6 Å². The second-order valence-corrected chi connectivity index (χ2v) is 5.58.